The van der Waals surface area contributed by atoms with Crippen LogP contribution in [0.2, 0.25) is 0 Å². The Labute approximate surface area is 195 Å². The molecule has 2 aromatic heterocycles. The van der Waals surface area contributed by atoms with Gasteiger partial charge in [-0.05, 0) is 61.2 Å². The molecule has 1 saturated heterocycles. The minimum Gasteiger partial charge on any atom is -0.402 e. The van der Waals surface area contributed by atoms with Crippen LogP contribution in [-0.2, 0) is 17.7 Å². The highest BCUT2D eigenvalue weighted by Gasteiger charge is 2.21. The number of H-pyrrole nitrogens is 1. The SMILES string of the molecule is NC(/C=C(\N)C1CCOCC1)=Nc1cc(-c2c(F)ccc3c2CCNC3)nc2cc[nH]c(=O)c12. The van der Waals surface area contributed by atoms with E-state index < -0.39 is 0 Å². The van der Waals surface area contributed by atoms with Crippen molar-refractivity contribution in [1.82, 2.24) is 15.3 Å². The van der Waals surface area contributed by atoms with E-state index in [2.05, 4.69) is 20.3 Å². The number of hydrogen-bond acceptors (Lipinski definition) is 6. The maximum absolute atomic E-state index is 15.1. The van der Waals surface area contributed by atoms with Crippen molar-refractivity contribution in [2.75, 3.05) is 19.8 Å². The fourth-order valence-corrected chi connectivity index (χ4v) is 4.71. The van der Waals surface area contributed by atoms with Crippen LogP contribution in [0.4, 0.5) is 10.1 Å². The maximum Gasteiger partial charge on any atom is 0.259 e. The van der Waals surface area contributed by atoms with E-state index in [0.717, 1.165) is 30.5 Å². The van der Waals surface area contributed by atoms with Gasteiger partial charge in [0.1, 0.15) is 11.7 Å². The van der Waals surface area contributed by atoms with Gasteiger partial charge in [0.25, 0.3) is 5.56 Å². The van der Waals surface area contributed by atoms with Crippen molar-refractivity contribution in [2.45, 2.75) is 25.8 Å². The van der Waals surface area contributed by atoms with Crippen molar-refractivity contribution in [1.29, 1.82) is 0 Å². The smallest absolute Gasteiger partial charge is 0.259 e. The van der Waals surface area contributed by atoms with E-state index >= 15 is 4.39 Å². The third-order valence-corrected chi connectivity index (χ3v) is 6.45. The van der Waals surface area contributed by atoms with Crippen molar-refractivity contribution in [3.8, 4) is 11.3 Å². The number of pyridine rings is 2. The van der Waals surface area contributed by atoms with Gasteiger partial charge < -0.3 is 26.5 Å². The molecule has 3 aromatic rings. The second-order valence-corrected chi connectivity index (χ2v) is 8.65. The highest BCUT2D eigenvalue weighted by molar-refractivity contribution is 5.99. The molecule has 0 amide bonds. The molecule has 0 aliphatic carbocycles. The van der Waals surface area contributed by atoms with Gasteiger partial charge >= 0.3 is 0 Å². The lowest BCUT2D eigenvalue weighted by atomic mass is 9.92. The van der Waals surface area contributed by atoms with Gasteiger partial charge in [-0.1, -0.05) is 6.07 Å². The summed E-state index contributed by atoms with van der Waals surface area (Å²) < 4.78 is 20.5. The number of aromatic amines is 1. The third-order valence-electron chi connectivity index (χ3n) is 6.45. The molecule has 4 heterocycles. The molecule has 2 aliphatic rings. The van der Waals surface area contributed by atoms with Crippen LogP contribution in [0.25, 0.3) is 22.2 Å². The number of nitrogens with one attached hydrogen (secondary N) is 2. The van der Waals surface area contributed by atoms with Crippen molar-refractivity contribution in [3.05, 3.63) is 69.5 Å². The number of halogens is 1. The number of nitrogens with zero attached hydrogens (tertiary/aromatic N) is 2. The molecule has 9 heteroatoms. The summed E-state index contributed by atoms with van der Waals surface area (Å²) in [7, 11) is 0. The summed E-state index contributed by atoms with van der Waals surface area (Å²) in [5, 5.41) is 3.60. The molecule has 5 rings (SSSR count). The van der Waals surface area contributed by atoms with Gasteiger partial charge in [-0.25, -0.2) is 14.4 Å². The van der Waals surface area contributed by atoms with Crippen LogP contribution in [-0.4, -0.2) is 35.6 Å². The molecule has 0 radical (unpaired) electrons. The molecule has 6 N–H and O–H groups in total. The molecule has 0 unspecified atom stereocenters. The maximum atomic E-state index is 15.1. The van der Waals surface area contributed by atoms with Crippen LogP contribution in [0.3, 0.4) is 0 Å². The second-order valence-electron chi connectivity index (χ2n) is 8.65. The quantitative estimate of drug-likeness (QED) is 0.348. The summed E-state index contributed by atoms with van der Waals surface area (Å²) in [6.45, 7) is 2.74. The van der Waals surface area contributed by atoms with Gasteiger partial charge in [0.2, 0.25) is 0 Å². The molecule has 1 aromatic carbocycles. The normalized spacial score (nSPS) is 17.7. The molecule has 0 saturated carbocycles. The van der Waals surface area contributed by atoms with Gasteiger partial charge in [-0.3, -0.25) is 4.79 Å². The van der Waals surface area contributed by atoms with E-state index in [1.807, 2.05) is 0 Å². The van der Waals surface area contributed by atoms with E-state index in [1.165, 1.54) is 12.3 Å². The standard InChI is InChI=1S/C25H27FN6O2/c26-17-2-1-15-13-29-7-3-16(15)23(17)20-12-21(24-19(31-20)4-8-30-25(24)33)32-22(28)11-18(27)14-5-9-34-10-6-14/h1-2,4,8,11-12,14,29H,3,5-7,9-10,13,27H2,(H,30,33)(H2,28,31,32)/b18-11-. The Bertz CT molecular complexity index is 1360. The van der Waals surface area contributed by atoms with Crippen LogP contribution in [0.1, 0.15) is 24.0 Å². The molecular weight excluding hydrogens is 435 g/mol. The summed E-state index contributed by atoms with van der Waals surface area (Å²) in [6.07, 6.45) is 5.48. The van der Waals surface area contributed by atoms with Gasteiger partial charge in [0.15, 0.2) is 0 Å². The number of fused-ring (bicyclic) bond motifs is 2. The predicted molar refractivity (Wildman–Crippen MR) is 130 cm³/mol. The average molecular weight is 463 g/mol. The Morgan fingerprint density at radius 1 is 1.24 bits per heavy atom. The Hall–Kier alpha value is -3.56. The summed E-state index contributed by atoms with van der Waals surface area (Å²) in [5.74, 6) is -0.0106. The fourth-order valence-electron chi connectivity index (χ4n) is 4.71. The topological polar surface area (TPSA) is 131 Å². The summed E-state index contributed by atoms with van der Waals surface area (Å²) in [5.41, 5.74) is 16.3. The lowest BCUT2D eigenvalue weighted by molar-refractivity contribution is 0.0754. The lowest BCUT2D eigenvalue weighted by Crippen LogP contribution is -2.24. The van der Waals surface area contributed by atoms with E-state index in [4.69, 9.17) is 16.2 Å². The molecule has 2 aliphatic heterocycles. The van der Waals surface area contributed by atoms with Crippen molar-refractivity contribution in [2.24, 2.45) is 22.4 Å². The first kappa shape index (κ1) is 22.2. The molecule has 0 spiro atoms. The average Bonchev–Trinajstić information content (AvgIpc) is 2.84. The first-order chi connectivity index (χ1) is 16.5. The molecule has 0 atom stereocenters. The number of allylic oxidation sites excluding steroid dienone is 1. The summed E-state index contributed by atoms with van der Waals surface area (Å²) >= 11 is 0. The number of aromatic nitrogens is 2. The molecule has 8 nitrogen and oxygen atoms in total. The van der Waals surface area contributed by atoms with Crippen molar-refractivity contribution >= 4 is 22.4 Å². The molecule has 0 bridgehead atoms. The summed E-state index contributed by atoms with van der Waals surface area (Å²) in [4.78, 5) is 24.5. The predicted octanol–water partition coefficient (Wildman–Crippen LogP) is 2.63. The zero-order chi connectivity index (χ0) is 23.7. The Kier molecular flexibility index (Phi) is 6.12. The number of nitrogens with two attached hydrogens (primary N) is 2. The number of hydrogen-bond donors (Lipinski definition) is 4. The number of amidine groups is 1. The van der Waals surface area contributed by atoms with Gasteiger partial charge in [0.05, 0.1) is 22.3 Å². The van der Waals surface area contributed by atoms with Crippen LogP contribution in [0.15, 0.2) is 52.0 Å². The minimum atomic E-state index is -0.358. The van der Waals surface area contributed by atoms with Gasteiger partial charge in [-0.15, -0.1) is 0 Å². The van der Waals surface area contributed by atoms with Crippen LogP contribution < -0.4 is 22.3 Å². The highest BCUT2D eigenvalue weighted by Crippen LogP contribution is 2.34. The van der Waals surface area contributed by atoms with E-state index in [1.54, 1.807) is 24.3 Å². The number of benzene rings is 1. The number of ether oxygens (including phenoxy) is 1. The van der Waals surface area contributed by atoms with Crippen LogP contribution in [0.5, 0.6) is 0 Å². The molecular formula is C25H27FN6O2. The monoisotopic (exact) mass is 462 g/mol. The Morgan fingerprint density at radius 2 is 2.06 bits per heavy atom. The Morgan fingerprint density at radius 3 is 2.88 bits per heavy atom. The lowest BCUT2D eigenvalue weighted by Gasteiger charge is -2.22. The Balaban J connectivity index is 1.64. The minimum absolute atomic E-state index is 0.172. The molecule has 1 fully saturated rings. The van der Waals surface area contributed by atoms with Crippen LogP contribution >= 0.6 is 0 Å². The number of aliphatic imine (C=N–C) groups is 1. The largest absolute Gasteiger partial charge is 0.402 e. The van der Waals surface area contributed by atoms with Crippen molar-refractivity contribution < 1.29 is 9.13 Å². The van der Waals surface area contributed by atoms with Gasteiger partial charge in [0, 0.05) is 43.1 Å². The molecule has 34 heavy (non-hydrogen) atoms. The van der Waals surface area contributed by atoms with Crippen molar-refractivity contribution in [3.63, 3.8) is 0 Å². The van der Waals surface area contributed by atoms with Crippen LogP contribution in [0, 0.1) is 11.7 Å². The van der Waals surface area contributed by atoms with E-state index in [0.29, 0.717) is 59.7 Å². The zero-order valence-electron chi connectivity index (χ0n) is 18.7. The second kappa shape index (κ2) is 9.36. The molecule has 176 valence electrons. The fraction of sp³-hybridized carbons (Fsp3) is 0.320. The first-order valence-electron chi connectivity index (χ1n) is 11.4. The summed E-state index contributed by atoms with van der Waals surface area (Å²) in [6, 6.07) is 6.56. The van der Waals surface area contributed by atoms with E-state index in [9.17, 15) is 4.79 Å². The third kappa shape index (κ3) is 4.32. The first-order valence-corrected chi connectivity index (χ1v) is 11.4. The van der Waals surface area contributed by atoms with Gasteiger partial charge in [-0.2, -0.15) is 0 Å². The highest BCUT2D eigenvalue weighted by atomic mass is 19.1. The number of rotatable bonds is 4. The zero-order valence-corrected chi connectivity index (χ0v) is 18.7. The van der Waals surface area contributed by atoms with E-state index in [-0.39, 0.29) is 23.1 Å².